The summed E-state index contributed by atoms with van der Waals surface area (Å²) in [6, 6.07) is 1.79. The first kappa shape index (κ1) is 17.0. The molecular formula is C12H10BrF3N2O3. The zero-order valence-corrected chi connectivity index (χ0v) is 12.0. The largest absolute Gasteiger partial charge is 0.505 e. The first-order valence-corrected chi connectivity index (χ1v) is 6.24. The average Bonchev–Trinajstić information content (AvgIpc) is 2.38. The Morgan fingerprint density at radius 2 is 2.00 bits per heavy atom. The van der Waals surface area contributed by atoms with Crippen molar-refractivity contribution in [2.75, 3.05) is 11.9 Å². The van der Waals surface area contributed by atoms with Gasteiger partial charge >= 0.3 is 6.18 Å². The summed E-state index contributed by atoms with van der Waals surface area (Å²) in [6.45, 7) is 2.70. The maximum atomic E-state index is 12.7. The molecule has 1 aromatic carbocycles. The number of phenols is 1. The molecule has 0 aliphatic heterocycles. The highest BCUT2D eigenvalue weighted by Gasteiger charge is 2.35. The van der Waals surface area contributed by atoms with Crippen LogP contribution in [0.15, 0.2) is 29.3 Å². The van der Waals surface area contributed by atoms with Crippen molar-refractivity contribution >= 4 is 33.4 Å². The number of halogens is 4. The molecule has 0 saturated heterocycles. The van der Waals surface area contributed by atoms with Gasteiger partial charge in [-0.3, -0.25) is 9.59 Å². The molecule has 1 rings (SSSR count). The van der Waals surface area contributed by atoms with Crippen LogP contribution in [0.3, 0.4) is 0 Å². The van der Waals surface area contributed by atoms with Crippen LogP contribution in [0.4, 0.5) is 18.9 Å². The second-order valence-electron chi connectivity index (χ2n) is 3.82. The highest BCUT2D eigenvalue weighted by atomic mass is 79.9. The lowest BCUT2D eigenvalue weighted by atomic mass is 10.1. The van der Waals surface area contributed by atoms with E-state index in [0.717, 1.165) is 12.1 Å². The molecule has 3 N–H and O–H groups in total. The Balaban J connectivity index is 2.94. The lowest BCUT2D eigenvalue weighted by molar-refractivity contribution is -0.138. The molecule has 5 nitrogen and oxygen atoms in total. The number of carbonyl (C=O) groups is 2. The van der Waals surface area contributed by atoms with Gasteiger partial charge in [0.05, 0.1) is 12.2 Å². The molecule has 0 aliphatic carbocycles. The van der Waals surface area contributed by atoms with Gasteiger partial charge in [-0.25, -0.2) is 0 Å². The van der Waals surface area contributed by atoms with Crippen LogP contribution < -0.4 is 10.6 Å². The van der Waals surface area contributed by atoms with Gasteiger partial charge in [0.25, 0.3) is 0 Å². The van der Waals surface area contributed by atoms with Crippen LogP contribution in [0.2, 0.25) is 0 Å². The van der Waals surface area contributed by atoms with E-state index in [9.17, 15) is 27.9 Å². The molecule has 0 fully saturated rings. The van der Waals surface area contributed by atoms with Gasteiger partial charge in [-0.2, -0.15) is 13.2 Å². The van der Waals surface area contributed by atoms with E-state index in [1.165, 1.54) is 0 Å². The maximum absolute atomic E-state index is 12.7. The molecule has 0 atom stereocenters. The van der Waals surface area contributed by atoms with Gasteiger partial charge in [0.15, 0.2) is 5.75 Å². The van der Waals surface area contributed by atoms with Gasteiger partial charge in [0.2, 0.25) is 11.8 Å². The lowest BCUT2D eigenvalue weighted by Gasteiger charge is -2.14. The number of aromatic hydroxyl groups is 1. The number of phenolic OH excluding ortho intramolecular Hbond substituents is 1. The maximum Gasteiger partial charge on any atom is 0.420 e. The zero-order valence-electron chi connectivity index (χ0n) is 10.4. The van der Waals surface area contributed by atoms with Gasteiger partial charge in [0, 0.05) is 4.47 Å². The van der Waals surface area contributed by atoms with Crippen molar-refractivity contribution in [1.29, 1.82) is 0 Å². The molecule has 0 aliphatic rings. The van der Waals surface area contributed by atoms with Crippen molar-refractivity contribution in [2.45, 2.75) is 6.18 Å². The SMILES string of the molecule is C=CC(=O)NCC(=O)Nc1cc(Br)cc(C(F)(F)F)c1O. The van der Waals surface area contributed by atoms with Crippen molar-refractivity contribution in [2.24, 2.45) is 0 Å². The number of hydrogen-bond acceptors (Lipinski definition) is 3. The molecule has 0 unspecified atom stereocenters. The summed E-state index contributed by atoms with van der Waals surface area (Å²) in [5.41, 5.74) is -1.71. The highest BCUT2D eigenvalue weighted by Crippen LogP contribution is 2.41. The fourth-order valence-electron chi connectivity index (χ4n) is 1.34. The quantitative estimate of drug-likeness (QED) is 0.565. The Morgan fingerprint density at radius 3 is 2.52 bits per heavy atom. The molecule has 114 valence electrons. The van der Waals surface area contributed by atoms with Crippen LogP contribution >= 0.6 is 15.9 Å². The summed E-state index contributed by atoms with van der Waals surface area (Å²) in [7, 11) is 0. The van der Waals surface area contributed by atoms with E-state index in [4.69, 9.17) is 0 Å². The number of anilines is 1. The number of nitrogens with one attached hydrogen (secondary N) is 2. The van der Waals surface area contributed by atoms with Crippen molar-refractivity contribution in [1.82, 2.24) is 5.32 Å². The van der Waals surface area contributed by atoms with E-state index in [1.54, 1.807) is 0 Å². The second kappa shape index (κ2) is 6.61. The molecule has 2 amide bonds. The molecule has 0 radical (unpaired) electrons. The van der Waals surface area contributed by atoms with Crippen LogP contribution in [0.5, 0.6) is 5.75 Å². The number of hydrogen-bond donors (Lipinski definition) is 3. The number of amides is 2. The predicted octanol–water partition coefficient (Wildman–Crippen LogP) is 2.41. The molecule has 0 saturated carbocycles. The first-order chi connectivity index (χ1) is 9.65. The monoisotopic (exact) mass is 366 g/mol. The summed E-state index contributed by atoms with van der Waals surface area (Å²) in [5, 5.41) is 13.8. The summed E-state index contributed by atoms with van der Waals surface area (Å²) in [6.07, 6.45) is -3.84. The van der Waals surface area contributed by atoms with Crippen molar-refractivity contribution in [3.8, 4) is 5.75 Å². The van der Waals surface area contributed by atoms with Gasteiger partial charge in [-0.1, -0.05) is 22.5 Å². The van der Waals surface area contributed by atoms with Gasteiger partial charge in [0.1, 0.15) is 5.56 Å². The van der Waals surface area contributed by atoms with Crippen molar-refractivity contribution in [3.63, 3.8) is 0 Å². The molecule has 0 bridgehead atoms. The number of benzene rings is 1. The van der Waals surface area contributed by atoms with E-state index in [-0.39, 0.29) is 4.47 Å². The smallest absolute Gasteiger partial charge is 0.420 e. The summed E-state index contributed by atoms with van der Waals surface area (Å²) >= 11 is 2.86. The van der Waals surface area contributed by atoms with Crippen molar-refractivity contribution < 1.29 is 27.9 Å². The molecule has 0 aromatic heterocycles. The zero-order chi connectivity index (χ0) is 16.2. The Hall–Kier alpha value is -2.03. The third-order valence-corrected chi connectivity index (χ3v) is 2.72. The Labute approximate surface area is 126 Å². The Kier molecular flexibility index (Phi) is 5.36. The first-order valence-electron chi connectivity index (χ1n) is 5.45. The molecule has 0 spiro atoms. The number of rotatable bonds is 4. The minimum Gasteiger partial charge on any atom is -0.505 e. The lowest BCUT2D eigenvalue weighted by Crippen LogP contribution is -2.31. The topological polar surface area (TPSA) is 78.4 Å². The third-order valence-electron chi connectivity index (χ3n) is 2.26. The van der Waals surface area contributed by atoms with E-state index in [2.05, 4.69) is 33.1 Å². The number of carbonyl (C=O) groups excluding carboxylic acids is 2. The fourth-order valence-corrected chi connectivity index (χ4v) is 1.80. The van der Waals surface area contributed by atoms with E-state index >= 15 is 0 Å². The van der Waals surface area contributed by atoms with Crippen molar-refractivity contribution in [3.05, 3.63) is 34.8 Å². The van der Waals surface area contributed by atoms with E-state index in [1.807, 2.05) is 0 Å². The summed E-state index contributed by atoms with van der Waals surface area (Å²) < 4.78 is 38.1. The minimum absolute atomic E-state index is 0.0260. The Bertz CT molecular complexity index is 588. The third kappa shape index (κ3) is 4.78. The summed E-state index contributed by atoms with van der Waals surface area (Å²) in [4.78, 5) is 22.4. The molecule has 9 heteroatoms. The normalized spacial score (nSPS) is 10.9. The molecule has 1 aromatic rings. The molecule has 21 heavy (non-hydrogen) atoms. The predicted molar refractivity (Wildman–Crippen MR) is 72.6 cm³/mol. The average molecular weight is 367 g/mol. The van der Waals surface area contributed by atoms with Gasteiger partial charge < -0.3 is 15.7 Å². The molecule has 0 heterocycles. The van der Waals surface area contributed by atoms with Gasteiger partial charge in [-0.15, -0.1) is 0 Å². The second-order valence-corrected chi connectivity index (χ2v) is 4.73. The minimum atomic E-state index is -4.77. The van der Waals surface area contributed by atoms with Crippen LogP contribution in [0.25, 0.3) is 0 Å². The number of alkyl halides is 3. The van der Waals surface area contributed by atoms with E-state index in [0.29, 0.717) is 6.07 Å². The van der Waals surface area contributed by atoms with Crippen LogP contribution in [0.1, 0.15) is 5.56 Å². The summed E-state index contributed by atoms with van der Waals surface area (Å²) in [5.74, 6) is -2.51. The van der Waals surface area contributed by atoms with Crippen LogP contribution in [0, 0.1) is 0 Å². The van der Waals surface area contributed by atoms with Crippen LogP contribution in [-0.2, 0) is 15.8 Å². The fraction of sp³-hybridized carbons (Fsp3) is 0.167. The standard InChI is InChI=1S/C12H10BrF3N2O3/c1-2-9(19)17-5-10(20)18-8-4-6(13)3-7(11(8)21)12(14,15)16/h2-4,21H,1,5H2,(H,17,19)(H,18,20). The van der Waals surface area contributed by atoms with E-state index < -0.39 is 41.5 Å². The van der Waals surface area contributed by atoms with Gasteiger partial charge in [-0.05, 0) is 18.2 Å². The highest BCUT2D eigenvalue weighted by molar-refractivity contribution is 9.10. The molecular weight excluding hydrogens is 357 g/mol. The van der Waals surface area contributed by atoms with Crippen LogP contribution in [-0.4, -0.2) is 23.5 Å². The Morgan fingerprint density at radius 1 is 1.38 bits per heavy atom.